The van der Waals surface area contributed by atoms with E-state index in [2.05, 4.69) is 23.6 Å². The lowest BCUT2D eigenvalue weighted by Crippen LogP contribution is -2.10. The largest absolute Gasteiger partial charge is 0.324 e. The molecule has 1 aromatic heterocycles. The van der Waals surface area contributed by atoms with Crippen LogP contribution in [0.1, 0.15) is 36.4 Å². The van der Waals surface area contributed by atoms with Gasteiger partial charge in [0.2, 0.25) is 0 Å². The molecule has 1 unspecified atom stereocenters. The third-order valence-corrected chi connectivity index (χ3v) is 3.01. The van der Waals surface area contributed by atoms with Crippen molar-refractivity contribution in [3.63, 3.8) is 0 Å². The molecule has 0 aliphatic rings. The Morgan fingerprint density at radius 3 is 2.92 bits per heavy atom. The van der Waals surface area contributed by atoms with Crippen molar-refractivity contribution in [2.24, 2.45) is 5.73 Å². The minimum Gasteiger partial charge on any atom is -0.324 e. The minimum absolute atomic E-state index is 0.166. The van der Waals surface area contributed by atoms with Gasteiger partial charge in [0, 0.05) is 12.5 Å². The number of hydrogen-bond acceptors (Lipinski definition) is 2. The molecule has 2 heteroatoms. The molecular weight excluding hydrogens is 178 g/mol. The maximum absolute atomic E-state index is 6.02. The van der Waals surface area contributed by atoms with Gasteiger partial charge in [0.1, 0.15) is 0 Å². The van der Waals surface area contributed by atoms with Crippen molar-refractivity contribution in [2.75, 3.05) is 0 Å². The summed E-state index contributed by atoms with van der Waals surface area (Å²) in [5.74, 6) is 2.63. The van der Waals surface area contributed by atoms with Crippen molar-refractivity contribution >= 4 is 11.3 Å². The fourth-order valence-corrected chi connectivity index (χ4v) is 2.25. The average Bonchev–Trinajstić information content (AvgIpc) is 2.52. The highest BCUT2D eigenvalue weighted by Gasteiger charge is 2.08. The van der Waals surface area contributed by atoms with E-state index >= 15 is 0 Å². The summed E-state index contributed by atoms with van der Waals surface area (Å²) in [6.07, 6.45) is 8.01. The lowest BCUT2D eigenvalue weighted by molar-refractivity contribution is 0.620. The summed E-state index contributed by atoms with van der Waals surface area (Å²) in [4.78, 5) is 0. The van der Waals surface area contributed by atoms with Crippen molar-refractivity contribution < 1.29 is 0 Å². The first-order chi connectivity index (χ1) is 6.25. The van der Waals surface area contributed by atoms with Crippen LogP contribution in [-0.2, 0) is 0 Å². The third-order valence-electron chi connectivity index (χ3n) is 2.13. The number of thiophene rings is 1. The van der Waals surface area contributed by atoms with Crippen LogP contribution in [-0.4, -0.2) is 0 Å². The molecule has 1 heterocycles. The summed E-state index contributed by atoms with van der Waals surface area (Å²) in [6, 6.07) is 0.166. The first-order valence-corrected chi connectivity index (χ1v) is 5.41. The van der Waals surface area contributed by atoms with Gasteiger partial charge in [-0.1, -0.05) is 0 Å². The molecule has 0 bridgehead atoms. The lowest BCUT2D eigenvalue weighted by atomic mass is 10.0. The zero-order valence-electron chi connectivity index (χ0n) is 7.92. The van der Waals surface area contributed by atoms with Gasteiger partial charge in [-0.25, -0.2) is 0 Å². The summed E-state index contributed by atoms with van der Waals surface area (Å²) in [5.41, 5.74) is 8.60. The topological polar surface area (TPSA) is 26.0 Å². The molecule has 0 aliphatic heterocycles. The van der Waals surface area contributed by atoms with E-state index in [1.165, 1.54) is 11.1 Å². The Hall–Kier alpha value is -0.780. The van der Waals surface area contributed by atoms with Gasteiger partial charge in [-0.15, -0.1) is 12.3 Å². The van der Waals surface area contributed by atoms with Crippen LogP contribution >= 0.6 is 11.3 Å². The second-order valence-corrected chi connectivity index (χ2v) is 3.96. The molecule has 0 radical (unpaired) electrons. The summed E-state index contributed by atoms with van der Waals surface area (Å²) in [5, 5.41) is 4.27. The Bertz CT molecular complexity index is 295. The number of aryl methyl sites for hydroxylation is 1. The van der Waals surface area contributed by atoms with Crippen LogP contribution in [0.2, 0.25) is 0 Å². The maximum atomic E-state index is 6.02. The van der Waals surface area contributed by atoms with Crippen molar-refractivity contribution in [1.82, 2.24) is 0 Å². The van der Waals surface area contributed by atoms with Crippen LogP contribution in [0.25, 0.3) is 0 Å². The van der Waals surface area contributed by atoms with Gasteiger partial charge < -0.3 is 5.73 Å². The fourth-order valence-electron chi connectivity index (χ4n) is 1.33. The highest BCUT2D eigenvalue weighted by molar-refractivity contribution is 7.08. The van der Waals surface area contributed by atoms with Crippen molar-refractivity contribution in [3.05, 3.63) is 21.9 Å². The molecule has 0 spiro atoms. The van der Waals surface area contributed by atoms with E-state index < -0.39 is 0 Å². The van der Waals surface area contributed by atoms with Crippen LogP contribution < -0.4 is 5.73 Å². The van der Waals surface area contributed by atoms with Gasteiger partial charge >= 0.3 is 0 Å². The van der Waals surface area contributed by atoms with Gasteiger partial charge in [0.15, 0.2) is 0 Å². The monoisotopic (exact) mass is 193 g/mol. The quantitative estimate of drug-likeness (QED) is 0.577. The number of unbranched alkanes of at least 4 members (excludes halogenated alkanes) is 1. The number of hydrogen-bond donors (Lipinski definition) is 1. The molecule has 70 valence electrons. The molecule has 0 aromatic carbocycles. The SMILES string of the molecule is C#CCCCC(N)c1cscc1C. The second kappa shape index (κ2) is 5.06. The van der Waals surface area contributed by atoms with Gasteiger partial charge in [-0.05, 0) is 41.7 Å². The van der Waals surface area contributed by atoms with Gasteiger partial charge in [-0.3, -0.25) is 0 Å². The van der Waals surface area contributed by atoms with E-state index in [4.69, 9.17) is 12.2 Å². The summed E-state index contributed by atoms with van der Waals surface area (Å²) in [6.45, 7) is 2.10. The molecule has 0 saturated carbocycles. The molecule has 1 rings (SSSR count). The Labute approximate surface area is 84.0 Å². The Balaban J connectivity index is 2.45. The Morgan fingerprint density at radius 1 is 1.62 bits per heavy atom. The zero-order valence-corrected chi connectivity index (χ0v) is 8.73. The molecule has 0 saturated heterocycles. The van der Waals surface area contributed by atoms with Gasteiger partial charge in [0.25, 0.3) is 0 Å². The smallest absolute Gasteiger partial charge is 0.0306 e. The first-order valence-electron chi connectivity index (χ1n) is 4.47. The highest BCUT2D eigenvalue weighted by Crippen LogP contribution is 2.23. The van der Waals surface area contributed by atoms with Crippen LogP contribution in [0.4, 0.5) is 0 Å². The summed E-state index contributed by atoms with van der Waals surface area (Å²) < 4.78 is 0. The second-order valence-electron chi connectivity index (χ2n) is 3.21. The molecule has 1 nitrogen and oxygen atoms in total. The van der Waals surface area contributed by atoms with Crippen molar-refractivity contribution in [3.8, 4) is 12.3 Å². The summed E-state index contributed by atoms with van der Waals surface area (Å²) in [7, 11) is 0. The molecule has 0 amide bonds. The van der Waals surface area contributed by atoms with Crippen molar-refractivity contribution in [1.29, 1.82) is 0 Å². The summed E-state index contributed by atoms with van der Waals surface area (Å²) >= 11 is 1.71. The number of rotatable bonds is 4. The number of terminal acetylenes is 1. The highest BCUT2D eigenvalue weighted by atomic mass is 32.1. The Morgan fingerprint density at radius 2 is 2.38 bits per heavy atom. The molecule has 1 aromatic rings. The normalized spacial score (nSPS) is 12.4. The van der Waals surface area contributed by atoms with E-state index in [0.717, 1.165) is 19.3 Å². The van der Waals surface area contributed by atoms with E-state index in [-0.39, 0.29) is 6.04 Å². The molecule has 0 aliphatic carbocycles. The van der Waals surface area contributed by atoms with E-state index in [9.17, 15) is 0 Å². The number of nitrogens with two attached hydrogens (primary N) is 1. The van der Waals surface area contributed by atoms with Crippen LogP contribution in [0.15, 0.2) is 10.8 Å². The predicted octanol–water partition coefficient (Wildman–Crippen LogP) is 2.86. The first kappa shape index (κ1) is 10.3. The van der Waals surface area contributed by atoms with E-state index in [1.54, 1.807) is 11.3 Å². The minimum atomic E-state index is 0.166. The van der Waals surface area contributed by atoms with Crippen LogP contribution in [0.5, 0.6) is 0 Å². The average molecular weight is 193 g/mol. The maximum Gasteiger partial charge on any atom is 0.0306 e. The fraction of sp³-hybridized carbons (Fsp3) is 0.455. The van der Waals surface area contributed by atoms with Crippen molar-refractivity contribution in [2.45, 2.75) is 32.2 Å². The van der Waals surface area contributed by atoms with Gasteiger partial charge in [0.05, 0.1) is 0 Å². The van der Waals surface area contributed by atoms with Gasteiger partial charge in [-0.2, -0.15) is 11.3 Å². The van der Waals surface area contributed by atoms with E-state index in [1.807, 2.05) is 0 Å². The lowest BCUT2D eigenvalue weighted by Gasteiger charge is -2.09. The molecule has 0 fully saturated rings. The van der Waals surface area contributed by atoms with Crippen LogP contribution in [0, 0.1) is 19.3 Å². The standard InChI is InChI=1S/C11H15NS/c1-3-4-5-6-11(12)10-8-13-7-9(10)2/h1,7-8,11H,4-6,12H2,2H3. The predicted molar refractivity (Wildman–Crippen MR) is 58.7 cm³/mol. The van der Waals surface area contributed by atoms with E-state index in [0.29, 0.717) is 0 Å². The third kappa shape index (κ3) is 2.87. The zero-order chi connectivity index (χ0) is 9.68. The molecular formula is C11H15NS. The molecule has 1 atom stereocenters. The Kier molecular flexibility index (Phi) is 4.01. The van der Waals surface area contributed by atoms with Crippen LogP contribution in [0.3, 0.4) is 0 Å². The molecule has 13 heavy (non-hydrogen) atoms. The molecule has 2 N–H and O–H groups in total.